The standard InChI is InChI=1S/C17H20N4O2S/c1-17(2,12-6-4-3-5-7-12)15-20-21-16(24-15)19-14(23)11-8-9-13(22)18-10-11/h3-7,11H,8-10H2,1-2H3,(H,18,22)(H,19,21,23). The molecule has 2 heterocycles. The molecule has 2 aromatic rings. The molecule has 3 rings (SSSR count). The fraction of sp³-hybridized carbons (Fsp3) is 0.412. The van der Waals surface area contributed by atoms with Gasteiger partial charge in [-0.1, -0.05) is 41.7 Å². The Hall–Kier alpha value is -2.28. The first-order valence-corrected chi connectivity index (χ1v) is 8.75. The molecule has 2 amide bonds. The van der Waals surface area contributed by atoms with E-state index in [4.69, 9.17) is 0 Å². The molecule has 0 spiro atoms. The molecule has 0 bridgehead atoms. The molecule has 0 saturated carbocycles. The molecule has 1 aliphatic heterocycles. The topological polar surface area (TPSA) is 84.0 Å². The lowest BCUT2D eigenvalue weighted by Gasteiger charge is -2.22. The fourth-order valence-corrected chi connectivity index (χ4v) is 3.54. The van der Waals surface area contributed by atoms with E-state index >= 15 is 0 Å². The van der Waals surface area contributed by atoms with Crippen molar-refractivity contribution in [3.8, 4) is 0 Å². The molecule has 1 aromatic carbocycles. The van der Waals surface area contributed by atoms with Gasteiger partial charge in [0.05, 0.1) is 5.92 Å². The largest absolute Gasteiger partial charge is 0.355 e. The number of carbonyl (C=O) groups is 2. The minimum atomic E-state index is -0.277. The van der Waals surface area contributed by atoms with Gasteiger partial charge >= 0.3 is 0 Å². The summed E-state index contributed by atoms with van der Waals surface area (Å²) in [6, 6.07) is 10.1. The second kappa shape index (κ2) is 6.68. The summed E-state index contributed by atoms with van der Waals surface area (Å²) in [4.78, 5) is 23.5. The van der Waals surface area contributed by atoms with Crippen LogP contribution in [0.4, 0.5) is 5.13 Å². The lowest BCUT2D eigenvalue weighted by molar-refractivity contribution is -0.126. The predicted molar refractivity (Wildman–Crippen MR) is 92.8 cm³/mol. The summed E-state index contributed by atoms with van der Waals surface area (Å²) in [5.41, 5.74) is 0.870. The molecule has 0 radical (unpaired) electrons. The van der Waals surface area contributed by atoms with Gasteiger partial charge in [-0.05, 0) is 25.8 Å². The Morgan fingerprint density at radius 2 is 2.04 bits per heavy atom. The number of benzene rings is 1. The summed E-state index contributed by atoms with van der Waals surface area (Å²) in [7, 11) is 0. The van der Waals surface area contributed by atoms with Gasteiger partial charge in [-0.2, -0.15) is 0 Å². The van der Waals surface area contributed by atoms with Crippen LogP contribution in [0, 0.1) is 5.92 Å². The number of rotatable bonds is 4. The normalized spacial score (nSPS) is 18.1. The molecule has 1 unspecified atom stereocenters. The van der Waals surface area contributed by atoms with Crippen LogP contribution in [0.3, 0.4) is 0 Å². The number of nitrogens with one attached hydrogen (secondary N) is 2. The van der Waals surface area contributed by atoms with E-state index in [2.05, 4.69) is 46.8 Å². The molecule has 1 atom stereocenters. The minimum Gasteiger partial charge on any atom is -0.355 e. The highest BCUT2D eigenvalue weighted by Gasteiger charge is 2.29. The highest BCUT2D eigenvalue weighted by Crippen LogP contribution is 2.34. The number of carbonyl (C=O) groups excluding carboxylic acids is 2. The van der Waals surface area contributed by atoms with E-state index in [1.807, 2.05) is 18.2 Å². The van der Waals surface area contributed by atoms with Gasteiger partial charge < -0.3 is 10.6 Å². The molecule has 0 aliphatic carbocycles. The third-order valence-corrected chi connectivity index (χ3v) is 5.48. The number of anilines is 1. The average molecular weight is 344 g/mol. The summed E-state index contributed by atoms with van der Waals surface area (Å²) >= 11 is 1.39. The quantitative estimate of drug-likeness (QED) is 0.891. The van der Waals surface area contributed by atoms with Crippen molar-refractivity contribution >= 4 is 28.3 Å². The smallest absolute Gasteiger partial charge is 0.231 e. The molecule has 1 aromatic heterocycles. The zero-order chi connectivity index (χ0) is 17.2. The number of piperidine rings is 1. The van der Waals surface area contributed by atoms with E-state index in [0.717, 1.165) is 10.6 Å². The Labute approximate surface area is 144 Å². The van der Waals surface area contributed by atoms with Gasteiger partial charge in [0.15, 0.2) is 0 Å². The molecule has 2 N–H and O–H groups in total. The number of hydrogen-bond donors (Lipinski definition) is 2. The van der Waals surface area contributed by atoms with Gasteiger partial charge in [-0.3, -0.25) is 9.59 Å². The molecule has 126 valence electrons. The molecule has 6 nitrogen and oxygen atoms in total. The first-order valence-electron chi connectivity index (χ1n) is 7.94. The maximum atomic E-state index is 12.3. The Morgan fingerprint density at radius 1 is 1.29 bits per heavy atom. The van der Waals surface area contributed by atoms with Gasteiger partial charge in [-0.15, -0.1) is 10.2 Å². The van der Waals surface area contributed by atoms with Crippen LogP contribution < -0.4 is 10.6 Å². The molecule has 1 aliphatic rings. The van der Waals surface area contributed by atoms with Gasteiger partial charge in [0.1, 0.15) is 5.01 Å². The summed E-state index contributed by atoms with van der Waals surface area (Å²) in [6.07, 6.45) is 0.958. The lowest BCUT2D eigenvalue weighted by atomic mass is 9.85. The maximum Gasteiger partial charge on any atom is 0.231 e. The van der Waals surface area contributed by atoms with E-state index in [1.165, 1.54) is 11.3 Å². The van der Waals surface area contributed by atoms with E-state index in [9.17, 15) is 9.59 Å². The SMILES string of the molecule is CC(C)(c1ccccc1)c1nnc(NC(=O)C2CCC(=O)NC2)s1. The van der Waals surface area contributed by atoms with Crippen LogP contribution in [0.15, 0.2) is 30.3 Å². The number of nitrogens with zero attached hydrogens (tertiary/aromatic N) is 2. The van der Waals surface area contributed by atoms with Crippen molar-refractivity contribution in [1.82, 2.24) is 15.5 Å². The summed E-state index contributed by atoms with van der Waals surface area (Å²) < 4.78 is 0. The minimum absolute atomic E-state index is 0.00172. The molecular weight excluding hydrogens is 324 g/mol. The lowest BCUT2D eigenvalue weighted by Crippen LogP contribution is -2.40. The van der Waals surface area contributed by atoms with Gasteiger partial charge in [-0.25, -0.2) is 0 Å². The second-order valence-corrected chi connectivity index (χ2v) is 7.41. The summed E-state index contributed by atoms with van der Waals surface area (Å²) in [5.74, 6) is -0.325. The van der Waals surface area contributed by atoms with E-state index < -0.39 is 0 Å². The van der Waals surface area contributed by atoms with E-state index in [-0.39, 0.29) is 23.1 Å². The van der Waals surface area contributed by atoms with Crippen molar-refractivity contribution in [2.45, 2.75) is 32.1 Å². The second-order valence-electron chi connectivity index (χ2n) is 6.43. The molecule has 1 saturated heterocycles. The third kappa shape index (κ3) is 3.46. The molecule has 1 fully saturated rings. The van der Waals surface area contributed by atoms with Crippen LogP contribution in [0.25, 0.3) is 0 Å². The first kappa shape index (κ1) is 16.6. The highest BCUT2D eigenvalue weighted by atomic mass is 32.1. The summed E-state index contributed by atoms with van der Waals surface area (Å²) in [6.45, 7) is 4.56. The average Bonchev–Trinajstić information content (AvgIpc) is 3.05. The van der Waals surface area contributed by atoms with Gasteiger partial charge in [0.2, 0.25) is 16.9 Å². The molecule has 24 heavy (non-hydrogen) atoms. The highest BCUT2D eigenvalue weighted by molar-refractivity contribution is 7.15. The predicted octanol–water partition coefficient (Wildman–Crippen LogP) is 2.33. The Morgan fingerprint density at radius 3 is 2.71 bits per heavy atom. The zero-order valence-corrected chi connectivity index (χ0v) is 14.5. The van der Waals surface area contributed by atoms with Crippen LogP contribution >= 0.6 is 11.3 Å². The Bertz CT molecular complexity index is 732. The Balaban J connectivity index is 1.69. The fourth-order valence-electron chi connectivity index (χ4n) is 2.67. The molecular formula is C17H20N4O2S. The first-order chi connectivity index (χ1) is 11.5. The van der Waals surface area contributed by atoms with Crippen LogP contribution in [-0.4, -0.2) is 28.6 Å². The van der Waals surface area contributed by atoms with Crippen molar-refractivity contribution in [2.75, 3.05) is 11.9 Å². The number of aromatic nitrogens is 2. The Kier molecular flexibility index (Phi) is 4.62. The summed E-state index contributed by atoms with van der Waals surface area (Å²) in [5, 5.41) is 15.3. The van der Waals surface area contributed by atoms with Crippen molar-refractivity contribution in [3.05, 3.63) is 40.9 Å². The van der Waals surface area contributed by atoms with Crippen molar-refractivity contribution in [3.63, 3.8) is 0 Å². The zero-order valence-electron chi connectivity index (χ0n) is 13.7. The van der Waals surface area contributed by atoms with Crippen molar-refractivity contribution in [1.29, 1.82) is 0 Å². The van der Waals surface area contributed by atoms with E-state index in [1.54, 1.807) is 0 Å². The monoisotopic (exact) mass is 344 g/mol. The van der Waals surface area contributed by atoms with Crippen LogP contribution in [0.1, 0.15) is 37.3 Å². The van der Waals surface area contributed by atoms with Gasteiger partial charge in [0.25, 0.3) is 0 Å². The van der Waals surface area contributed by atoms with E-state index in [0.29, 0.717) is 24.5 Å². The van der Waals surface area contributed by atoms with Crippen LogP contribution in [-0.2, 0) is 15.0 Å². The number of amides is 2. The third-order valence-electron chi connectivity index (χ3n) is 4.32. The van der Waals surface area contributed by atoms with Crippen LogP contribution in [0.5, 0.6) is 0 Å². The van der Waals surface area contributed by atoms with Crippen molar-refractivity contribution in [2.24, 2.45) is 5.92 Å². The van der Waals surface area contributed by atoms with Crippen LogP contribution in [0.2, 0.25) is 0 Å². The van der Waals surface area contributed by atoms with Crippen molar-refractivity contribution < 1.29 is 9.59 Å². The molecule has 7 heteroatoms. The maximum absolute atomic E-state index is 12.3. The number of hydrogen-bond acceptors (Lipinski definition) is 5. The van der Waals surface area contributed by atoms with Gasteiger partial charge in [0, 0.05) is 18.4 Å².